The number of primary amides is 1. The monoisotopic (exact) mass is 293 g/mol. The Morgan fingerprint density at radius 1 is 1.38 bits per heavy atom. The molecule has 0 saturated carbocycles. The highest BCUT2D eigenvalue weighted by molar-refractivity contribution is 5.89. The summed E-state index contributed by atoms with van der Waals surface area (Å²) in [6.07, 6.45) is 1.51. The highest BCUT2D eigenvalue weighted by atomic mass is 16.5. The Morgan fingerprint density at radius 2 is 2.05 bits per heavy atom. The summed E-state index contributed by atoms with van der Waals surface area (Å²) in [6.45, 7) is 1.18. The number of carboxylic acids is 1. The van der Waals surface area contributed by atoms with E-state index in [4.69, 9.17) is 15.6 Å². The van der Waals surface area contributed by atoms with Gasteiger partial charge in [-0.15, -0.1) is 0 Å². The Morgan fingerprint density at radius 3 is 2.57 bits per heavy atom. The van der Waals surface area contributed by atoms with Gasteiger partial charge in [-0.3, -0.25) is 0 Å². The number of aromatic carboxylic acids is 1. The van der Waals surface area contributed by atoms with Crippen LogP contribution in [0.15, 0.2) is 18.2 Å². The number of hydrogen-bond donors (Lipinski definition) is 3. The van der Waals surface area contributed by atoms with Crippen LogP contribution in [0.4, 0.5) is 10.5 Å². The fraction of sp³-hybridized carbons (Fsp3) is 0.429. The van der Waals surface area contributed by atoms with Gasteiger partial charge in [-0.1, -0.05) is 0 Å². The molecular weight excluding hydrogens is 274 g/mol. The molecule has 114 valence electrons. The minimum Gasteiger partial charge on any atom is -0.495 e. The summed E-state index contributed by atoms with van der Waals surface area (Å²) in [6, 6.07) is 4.44. The molecule has 2 amide bonds. The summed E-state index contributed by atoms with van der Waals surface area (Å²) < 4.78 is 5.24. The first-order valence-corrected chi connectivity index (χ1v) is 6.73. The number of carbonyl (C=O) groups excluding carboxylic acids is 1. The number of likely N-dealkylation sites (tertiary alicyclic amines) is 1. The third kappa shape index (κ3) is 3.56. The Labute approximate surface area is 122 Å². The number of nitrogens with one attached hydrogen (secondary N) is 1. The predicted octanol–water partition coefficient (Wildman–Crippen LogP) is 1.35. The van der Waals surface area contributed by atoms with E-state index in [2.05, 4.69) is 5.32 Å². The maximum Gasteiger partial charge on any atom is 0.335 e. The van der Waals surface area contributed by atoms with E-state index in [1.165, 1.54) is 13.2 Å². The van der Waals surface area contributed by atoms with Crippen molar-refractivity contribution in [3.05, 3.63) is 23.8 Å². The maximum atomic E-state index is 11.1. The second kappa shape index (κ2) is 6.34. The molecule has 21 heavy (non-hydrogen) atoms. The van der Waals surface area contributed by atoms with Crippen LogP contribution in [0.3, 0.4) is 0 Å². The Bertz CT molecular complexity index is 539. The fourth-order valence-corrected chi connectivity index (χ4v) is 2.42. The lowest BCUT2D eigenvalue weighted by molar-refractivity contribution is 0.0697. The zero-order chi connectivity index (χ0) is 15.4. The van der Waals surface area contributed by atoms with Crippen LogP contribution >= 0.6 is 0 Å². The summed E-state index contributed by atoms with van der Waals surface area (Å²) >= 11 is 0. The van der Waals surface area contributed by atoms with E-state index in [1.807, 2.05) is 0 Å². The van der Waals surface area contributed by atoms with Crippen LogP contribution in [0.5, 0.6) is 5.75 Å². The first kappa shape index (κ1) is 15.0. The number of urea groups is 1. The van der Waals surface area contributed by atoms with Crippen LogP contribution in [0.1, 0.15) is 23.2 Å². The van der Waals surface area contributed by atoms with Crippen LogP contribution in [0.2, 0.25) is 0 Å². The highest BCUT2D eigenvalue weighted by Crippen LogP contribution is 2.28. The number of nitrogens with zero attached hydrogens (tertiary/aromatic N) is 1. The largest absolute Gasteiger partial charge is 0.495 e. The van der Waals surface area contributed by atoms with Gasteiger partial charge in [0.25, 0.3) is 0 Å². The Hall–Kier alpha value is -2.44. The lowest BCUT2D eigenvalue weighted by Crippen LogP contribution is -2.44. The van der Waals surface area contributed by atoms with Crippen molar-refractivity contribution in [1.29, 1.82) is 0 Å². The summed E-state index contributed by atoms with van der Waals surface area (Å²) in [5.41, 5.74) is 6.10. The highest BCUT2D eigenvalue weighted by Gasteiger charge is 2.22. The number of methoxy groups -OCH3 is 1. The van der Waals surface area contributed by atoms with Gasteiger partial charge in [0.15, 0.2) is 0 Å². The third-order valence-electron chi connectivity index (χ3n) is 3.61. The lowest BCUT2D eigenvalue weighted by atomic mass is 10.0. The number of nitrogens with two attached hydrogens (primary N) is 1. The molecule has 1 saturated heterocycles. The Kier molecular flexibility index (Phi) is 4.52. The van der Waals surface area contributed by atoms with Gasteiger partial charge in [0.05, 0.1) is 18.4 Å². The van der Waals surface area contributed by atoms with Crippen molar-refractivity contribution in [3.63, 3.8) is 0 Å². The average Bonchev–Trinajstić information content (AvgIpc) is 2.47. The van der Waals surface area contributed by atoms with E-state index >= 15 is 0 Å². The van der Waals surface area contributed by atoms with Gasteiger partial charge in [0, 0.05) is 19.1 Å². The molecule has 1 aliphatic heterocycles. The summed E-state index contributed by atoms with van der Waals surface area (Å²) in [5.74, 6) is -0.387. The molecule has 4 N–H and O–H groups in total. The molecule has 1 heterocycles. The zero-order valence-electron chi connectivity index (χ0n) is 11.8. The second-order valence-corrected chi connectivity index (χ2v) is 4.96. The van der Waals surface area contributed by atoms with Gasteiger partial charge >= 0.3 is 12.0 Å². The second-order valence-electron chi connectivity index (χ2n) is 4.96. The van der Waals surface area contributed by atoms with Crippen LogP contribution < -0.4 is 15.8 Å². The quantitative estimate of drug-likeness (QED) is 0.777. The molecule has 7 heteroatoms. The molecule has 1 aromatic carbocycles. The number of carbonyl (C=O) groups is 2. The molecule has 0 aromatic heterocycles. The summed E-state index contributed by atoms with van der Waals surface area (Å²) in [7, 11) is 1.54. The van der Waals surface area contributed by atoms with Crippen LogP contribution in [0, 0.1) is 0 Å². The van der Waals surface area contributed by atoms with Gasteiger partial charge in [-0.2, -0.15) is 0 Å². The van der Waals surface area contributed by atoms with Crippen molar-refractivity contribution in [1.82, 2.24) is 4.90 Å². The number of amides is 2. The van der Waals surface area contributed by atoms with Crippen molar-refractivity contribution in [2.45, 2.75) is 18.9 Å². The molecular formula is C14H19N3O4. The van der Waals surface area contributed by atoms with Gasteiger partial charge in [0.1, 0.15) is 5.75 Å². The molecule has 0 spiro atoms. The molecule has 1 aromatic rings. The molecule has 1 aliphatic rings. The molecule has 0 aliphatic carbocycles. The Balaban J connectivity index is 2.07. The fourth-order valence-electron chi connectivity index (χ4n) is 2.42. The number of rotatable bonds is 4. The predicted molar refractivity (Wildman–Crippen MR) is 77.8 cm³/mol. The van der Waals surface area contributed by atoms with Gasteiger partial charge in [-0.05, 0) is 31.0 Å². The first-order chi connectivity index (χ1) is 10.0. The maximum absolute atomic E-state index is 11.1. The minimum atomic E-state index is -0.982. The number of piperidine rings is 1. The first-order valence-electron chi connectivity index (χ1n) is 6.73. The normalized spacial score (nSPS) is 15.6. The SMILES string of the molecule is COc1ccc(C(=O)O)cc1NC1CCN(C(N)=O)CC1. The van der Waals surface area contributed by atoms with Crippen molar-refractivity contribution in [2.75, 3.05) is 25.5 Å². The number of ether oxygens (including phenoxy) is 1. The van der Waals surface area contributed by atoms with Crippen molar-refractivity contribution in [2.24, 2.45) is 5.73 Å². The third-order valence-corrected chi connectivity index (χ3v) is 3.61. The standard InChI is InChI=1S/C14H19N3O4/c1-21-12-3-2-9(13(18)19)8-11(12)16-10-4-6-17(7-5-10)14(15)20/h2-3,8,10,16H,4-7H2,1H3,(H2,15,20)(H,18,19). The van der Waals surface area contributed by atoms with E-state index in [1.54, 1.807) is 17.0 Å². The van der Waals surface area contributed by atoms with Crippen LogP contribution in [0.25, 0.3) is 0 Å². The van der Waals surface area contributed by atoms with E-state index in [9.17, 15) is 9.59 Å². The van der Waals surface area contributed by atoms with Gasteiger partial charge in [-0.25, -0.2) is 9.59 Å². The van der Waals surface area contributed by atoms with E-state index in [-0.39, 0.29) is 11.6 Å². The van der Waals surface area contributed by atoms with Crippen LogP contribution in [-0.4, -0.2) is 48.2 Å². The molecule has 0 atom stereocenters. The van der Waals surface area contributed by atoms with Crippen LogP contribution in [-0.2, 0) is 0 Å². The summed E-state index contributed by atoms with van der Waals surface area (Å²) in [5, 5.41) is 12.3. The van der Waals surface area contributed by atoms with Gasteiger partial charge in [0.2, 0.25) is 0 Å². The number of benzene rings is 1. The van der Waals surface area contributed by atoms with Crippen molar-refractivity contribution >= 4 is 17.7 Å². The van der Waals surface area contributed by atoms with E-state index in [0.717, 1.165) is 12.8 Å². The number of carboxylic acid groups (broad SMARTS) is 1. The average molecular weight is 293 g/mol. The lowest BCUT2D eigenvalue weighted by Gasteiger charge is -2.32. The molecule has 2 rings (SSSR count). The smallest absolute Gasteiger partial charge is 0.335 e. The molecule has 1 fully saturated rings. The van der Waals surface area contributed by atoms with Crippen molar-refractivity contribution in [3.8, 4) is 5.75 Å². The topological polar surface area (TPSA) is 105 Å². The minimum absolute atomic E-state index is 0.151. The molecule has 7 nitrogen and oxygen atoms in total. The molecule has 0 bridgehead atoms. The number of hydrogen-bond acceptors (Lipinski definition) is 4. The zero-order valence-corrected chi connectivity index (χ0v) is 11.8. The molecule has 0 radical (unpaired) electrons. The number of anilines is 1. The van der Waals surface area contributed by atoms with E-state index < -0.39 is 12.0 Å². The molecule has 0 unspecified atom stereocenters. The summed E-state index contributed by atoms with van der Waals surface area (Å²) in [4.78, 5) is 23.7. The van der Waals surface area contributed by atoms with E-state index in [0.29, 0.717) is 24.5 Å². The van der Waals surface area contributed by atoms with Crippen molar-refractivity contribution < 1.29 is 19.4 Å². The van der Waals surface area contributed by atoms with Gasteiger partial charge < -0.3 is 25.8 Å².